The summed E-state index contributed by atoms with van der Waals surface area (Å²) in [6.07, 6.45) is -0.0579. The Morgan fingerprint density at radius 3 is 2.12 bits per heavy atom. The van der Waals surface area contributed by atoms with E-state index in [4.69, 9.17) is 28.0 Å². The number of hydrogen-bond acceptors (Lipinski definition) is 4. The summed E-state index contributed by atoms with van der Waals surface area (Å²) in [7, 11) is 0. The molecule has 7 heteroatoms. The molecule has 0 aromatic heterocycles. The lowest BCUT2D eigenvalue weighted by Gasteiger charge is -2.29. The topological polar surface area (TPSA) is 49.9 Å². The summed E-state index contributed by atoms with van der Waals surface area (Å²) >= 11 is 12.7. The highest BCUT2D eigenvalue weighted by molar-refractivity contribution is 6.42. The molecular formula is C25H20Cl2N2O3. The maximum absolute atomic E-state index is 13.7. The number of amides is 2. The molecule has 5 nitrogen and oxygen atoms in total. The Kier molecular flexibility index (Phi) is 5.41. The van der Waals surface area contributed by atoms with Gasteiger partial charge in [-0.05, 0) is 41.8 Å². The standard InChI is InChI=1S/C25H20Cl2N2O3/c1-2-15-11-13-16(14-12-15)21-20-23(32-29(21)17-7-4-3-5-8-17)25(31)28(24(20)30)22-18(26)9-6-10-19(22)27/h3-14,20-21,23H,2H2,1H3/t20-,21-,23-/m0/s1. The van der Waals surface area contributed by atoms with Gasteiger partial charge < -0.3 is 0 Å². The SMILES string of the molecule is CCc1ccc([C@H]2[C@@H]3C(=O)N(c4c(Cl)cccc4Cl)C(=O)[C@H]3ON2c2ccccc2)cc1. The van der Waals surface area contributed by atoms with Crippen molar-refractivity contribution < 1.29 is 14.4 Å². The Labute approximate surface area is 196 Å². The summed E-state index contributed by atoms with van der Waals surface area (Å²) in [5.41, 5.74) is 3.06. The number of para-hydroxylation sites is 2. The second-order valence-corrected chi connectivity index (χ2v) is 8.65. The number of carbonyl (C=O) groups is 2. The van der Waals surface area contributed by atoms with Crippen molar-refractivity contribution in [2.24, 2.45) is 5.92 Å². The number of aryl methyl sites for hydroxylation is 1. The highest BCUT2D eigenvalue weighted by Crippen LogP contribution is 2.49. The van der Waals surface area contributed by atoms with Crippen molar-refractivity contribution >= 4 is 46.4 Å². The largest absolute Gasteiger partial charge is 0.273 e. The van der Waals surface area contributed by atoms with Gasteiger partial charge in [-0.25, -0.2) is 9.96 Å². The van der Waals surface area contributed by atoms with Crippen LogP contribution >= 0.6 is 23.2 Å². The Hall–Kier alpha value is -2.86. The van der Waals surface area contributed by atoms with Crippen LogP contribution in [-0.2, 0) is 20.8 Å². The minimum atomic E-state index is -0.967. The third-order valence-corrected chi connectivity index (χ3v) is 6.63. The zero-order chi connectivity index (χ0) is 22.4. The fourth-order valence-corrected chi connectivity index (χ4v) is 4.99. The van der Waals surface area contributed by atoms with Gasteiger partial charge in [0.05, 0.1) is 27.5 Å². The van der Waals surface area contributed by atoms with E-state index in [0.717, 1.165) is 22.6 Å². The van der Waals surface area contributed by atoms with Gasteiger partial charge in [-0.1, -0.05) is 78.7 Å². The molecule has 0 aliphatic carbocycles. The van der Waals surface area contributed by atoms with E-state index in [9.17, 15) is 9.59 Å². The van der Waals surface area contributed by atoms with Crippen molar-refractivity contribution in [2.75, 3.05) is 9.96 Å². The van der Waals surface area contributed by atoms with Crippen LogP contribution in [0.1, 0.15) is 24.1 Å². The Balaban J connectivity index is 1.60. The van der Waals surface area contributed by atoms with E-state index in [1.165, 1.54) is 5.56 Å². The fourth-order valence-electron chi connectivity index (χ4n) is 4.43. The molecule has 2 amide bonds. The first-order chi connectivity index (χ1) is 15.5. The van der Waals surface area contributed by atoms with Gasteiger partial charge in [0.2, 0.25) is 5.91 Å². The molecule has 0 radical (unpaired) electrons. The second kappa shape index (κ2) is 8.24. The van der Waals surface area contributed by atoms with Crippen molar-refractivity contribution in [3.63, 3.8) is 0 Å². The minimum absolute atomic E-state index is 0.204. The highest BCUT2D eigenvalue weighted by Gasteiger charge is 2.60. The van der Waals surface area contributed by atoms with Crippen LogP contribution in [0.4, 0.5) is 11.4 Å². The maximum Gasteiger partial charge on any atom is 0.266 e. The zero-order valence-corrected chi connectivity index (χ0v) is 18.8. The molecule has 0 N–H and O–H groups in total. The Bertz CT molecular complexity index is 1160. The van der Waals surface area contributed by atoms with Crippen LogP contribution < -0.4 is 9.96 Å². The average Bonchev–Trinajstić information content (AvgIpc) is 3.31. The predicted octanol–water partition coefficient (Wildman–Crippen LogP) is 5.61. The molecule has 3 aromatic carbocycles. The second-order valence-electron chi connectivity index (χ2n) is 7.84. The average molecular weight is 467 g/mol. The summed E-state index contributed by atoms with van der Waals surface area (Å²) in [5.74, 6) is -1.58. The van der Waals surface area contributed by atoms with E-state index >= 15 is 0 Å². The summed E-state index contributed by atoms with van der Waals surface area (Å²) in [5, 5.41) is 2.16. The van der Waals surface area contributed by atoms with Gasteiger partial charge in [-0.3, -0.25) is 14.4 Å². The van der Waals surface area contributed by atoms with Crippen LogP contribution in [0.15, 0.2) is 72.8 Å². The smallest absolute Gasteiger partial charge is 0.266 e. The summed E-state index contributed by atoms with van der Waals surface area (Å²) in [6.45, 7) is 2.09. The lowest BCUT2D eigenvalue weighted by molar-refractivity contribution is -0.126. The van der Waals surface area contributed by atoms with Crippen LogP contribution in [0.2, 0.25) is 10.0 Å². The van der Waals surface area contributed by atoms with E-state index in [0.29, 0.717) is 0 Å². The molecule has 3 atom stereocenters. The van der Waals surface area contributed by atoms with Crippen LogP contribution in [0.25, 0.3) is 0 Å². The van der Waals surface area contributed by atoms with E-state index in [1.54, 1.807) is 23.3 Å². The molecule has 162 valence electrons. The van der Waals surface area contributed by atoms with E-state index in [1.807, 2.05) is 54.6 Å². The van der Waals surface area contributed by atoms with E-state index in [-0.39, 0.29) is 21.6 Å². The molecule has 0 spiro atoms. The third-order valence-electron chi connectivity index (χ3n) is 6.02. The van der Waals surface area contributed by atoms with Gasteiger partial charge in [0, 0.05) is 0 Å². The minimum Gasteiger partial charge on any atom is -0.273 e. The van der Waals surface area contributed by atoms with E-state index in [2.05, 4.69) is 6.92 Å². The molecule has 2 fully saturated rings. The van der Waals surface area contributed by atoms with Gasteiger partial charge in [0.25, 0.3) is 5.91 Å². The number of anilines is 2. The third kappa shape index (κ3) is 3.28. The first-order valence-electron chi connectivity index (χ1n) is 10.4. The molecular weight excluding hydrogens is 447 g/mol. The molecule has 5 rings (SSSR count). The molecule has 3 aromatic rings. The van der Waals surface area contributed by atoms with Crippen molar-refractivity contribution in [3.05, 3.63) is 94.0 Å². The number of nitrogens with zero attached hydrogens (tertiary/aromatic N) is 2. The van der Waals surface area contributed by atoms with Gasteiger partial charge in [-0.15, -0.1) is 0 Å². The van der Waals surface area contributed by atoms with Gasteiger partial charge in [-0.2, -0.15) is 0 Å². The number of halogens is 2. The summed E-state index contributed by atoms with van der Waals surface area (Å²) < 4.78 is 0. The molecule has 2 heterocycles. The Morgan fingerprint density at radius 2 is 1.50 bits per heavy atom. The molecule has 0 bridgehead atoms. The predicted molar refractivity (Wildman–Crippen MR) is 125 cm³/mol. The van der Waals surface area contributed by atoms with Crippen molar-refractivity contribution in [1.82, 2.24) is 0 Å². The highest BCUT2D eigenvalue weighted by atomic mass is 35.5. The molecule has 2 aliphatic heterocycles. The number of carbonyl (C=O) groups excluding carboxylic acids is 2. The molecule has 2 aliphatic rings. The Morgan fingerprint density at radius 1 is 0.844 bits per heavy atom. The first kappa shape index (κ1) is 21.0. The summed E-state index contributed by atoms with van der Waals surface area (Å²) in [4.78, 5) is 34.3. The van der Waals surface area contributed by atoms with E-state index < -0.39 is 24.0 Å². The van der Waals surface area contributed by atoms with Crippen LogP contribution in [0.3, 0.4) is 0 Å². The van der Waals surface area contributed by atoms with Gasteiger partial charge in [0.15, 0.2) is 6.10 Å². The molecule has 2 saturated heterocycles. The van der Waals surface area contributed by atoms with Gasteiger partial charge >= 0.3 is 0 Å². The number of benzene rings is 3. The van der Waals surface area contributed by atoms with Crippen LogP contribution in [0.5, 0.6) is 0 Å². The van der Waals surface area contributed by atoms with Crippen LogP contribution in [0, 0.1) is 5.92 Å². The van der Waals surface area contributed by atoms with Crippen molar-refractivity contribution in [3.8, 4) is 0 Å². The lowest BCUT2D eigenvalue weighted by Crippen LogP contribution is -2.37. The number of hydrogen-bond donors (Lipinski definition) is 0. The zero-order valence-electron chi connectivity index (χ0n) is 17.2. The van der Waals surface area contributed by atoms with Crippen molar-refractivity contribution in [1.29, 1.82) is 0 Å². The molecule has 0 saturated carbocycles. The first-order valence-corrected chi connectivity index (χ1v) is 11.2. The number of fused-ring (bicyclic) bond motifs is 1. The fraction of sp³-hybridized carbons (Fsp3) is 0.200. The van der Waals surface area contributed by atoms with Gasteiger partial charge in [0.1, 0.15) is 5.92 Å². The number of rotatable bonds is 4. The monoisotopic (exact) mass is 466 g/mol. The number of imide groups is 1. The number of hydroxylamine groups is 1. The summed E-state index contributed by atoms with van der Waals surface area (Å²) in [6, 6.07) is 22.0. The lowest BCUT2D eigenvalue weighted by atomic mass is 9.90. The maximum atomic E-state index is 13.7. The van der Waals surface area contributed by atoms with Crippen LogP contribution in [-0.4, -0.2) is 17.9 Å². The molecule has 0 unspecified atom stereocenters. The quantitative estimate of drug-likeness (QED) is 0.469. The van der Waals surface area contributed by atoms with Crippen molar-refractivity contribution in [2.45, 2.75) is 25.5 Å². The normalized spacial score (nSPS) is 22.5. The molecule has 32 heavy (non-hydrogen) atoms.